The van der Waals surface area contributed by atoms with Crippen molar-refractivity contribution >= 4 is 34.8 Å². The first-order valence-corrected chi connectivity index (χ1v) is 6.68. The third kappa shape index (κ3) is 3.00. The molecule has 0 N–H and O–H groups in total. The van der Waals surface area contributed by atoms with E-state index in [1.807, 2.05) is 6.92 Å². The van der Waals surface area contributed by atoms with Crippen LogP contribution in [0.3, 0.4) is 0 Å². The van der Waals surface area contributed by atoms with Gasteiger partial charge in [-0.25, -0.2) is 0 Å². The van der Waals surface area contributed by atoms with Gasteiger partial charge in [0.25, 0.3) is 0 Å². The van der Waals surface area contributed by atoms with Crippen LogP contribution in [-0.4, -0.2) is 24.2 Å². The summed E-state index contributed by atoms with van der Waals surface area (Å²) >= 11 is 17.9. The topological polar surface area (TPSA) is 18.5 Å². The Labute approximate surface area is 116 Å². The van der Waals surface area contributed by atoms with Gasteiger partial charge in [-0.2, -0.15) is 0 Å². The molecule has 2 rings (SSSR count). The Morgan fingerprint density at radius 1 is 1.35 bits per heavy atom. The Kier molecular flexibility index (Phi) is 4.42. The maximum Gasteiger partial charge on any atom is 0.138 e. The van der Waals surface area contributed by atoms with E-state index in [0.29, 0.717) is 22.4 Å². The van der Waals surface area contributed by atoms with Crippen molar-refractivity contribution in [3.05, 3.63) is 28.2 Å². The molecular weight excluding hydrogens is 282 g/mol. The van der Waals surface area contributed by atoms with Crippen molar-refractivity contribution in [1.29, 1.82) is 0 Å². The molecule has 0 saturated heterocycles. The summed E-state index contributed by atoms with van der Waals surface area (Å²) in [5, 5.41) is 1.12. The fraction of sp³-hybridized carbons (Fsp3) is 0.500. The first kappa shape index (κ1) is 13.3. The Morgan fingerprint density at radius 2 is 2.12 bits per heavy atom. The summed E-state index contributed by atoms with van der Waals surface area (Å²) in [4.78, 5) is 0. The predicted octanol–water partition coefficient (Wildman–Crippen LogP) is 4.16. The molecule has 1 fully saturated rings. The SMILES string of the molecule is CCOC1C(Cl)CC1Oc1ccc(Cl)cc1Cl. The van der Waals surface area contributed by atoms with Gasteiger partial charge in [0.15, 0.2) is 0 Å². The standard InChI is InChI=1S/C12H13Cl3O2/c1-2-16-12-9(15)6-11(12)17-10-4-3-7(13)5-8(10)14/h3-5,9,11-12H,2,6H2,1H3. The van der Waals surface area contributed by atoms with Crippen molar-refractivity contribution in [2.45, 2.75) is 30.9 Å². The lowest BCUT2D eigenvalue weighted by atomic mass is 9.91. The van der Waals surface area contributed by atoms with Crippen LogP contribution in [0.25, 0.3) is 0 Å². The van der Waals surface area contributed by atoms with E-state index in [1.165, 1.54) is 0 Å². The number of benzene rings is 1. The van der Waals surface area contributed by atoms with Crippen LogP contribution >= 0.6 is 34.8 Å². The quantitative estimate of drug-likeness (QED) is 0.777. The summed E-state index contributed by atoms with van der Waals surface area (Å²) in [6, 6.07) is 5.16. The van der Waals surface area contributed by atoms with Gasteiger partial charge in [0, 0.05) is 18.1 Å². The molecule has 1 saturated carbocycles. The van der Waals surface area contributed by atoms with Crippen LogP contribution in [-0.2, 0) is 4.74 Å². The van der Waals surface area contributed by atoms with Crippen LogP contribution in [0.2, 0.25) is 10.0 Å². The second-order valence-corrected chi connectivity index (χ2v) is 5.31. The molecule has 1 aliphatic rings. The number of halogens is 3. The molecular formula is C12H13Cl3O2. The van der Waals surface area contributed by atoms with Crippen LogP contribution in [0.4, 0.5) is 0 Å². The molecule has 0 aliphatic heterocycles. The zero-order chi connectivity index (χ0) is 12.4. The highest BCUT2D eigenvalue weighted by molar-refractivity contribution is 6.35. The van der Waals surface area contributed by atoms with Gasteiger partial charge in [-0.15, -0.1) is 11.6 Å². The molecule has 3 unspecified atom stereocenters. The van der Waals surface area contributed by atoms with E-state index in [1.54, 1.807) is 18.2 Å². The lowest BCUT2D eigenvalue weighted by Crippen LogP contribution is -2.52. The van der Waals surface area contributed by atoms with Crippen LogP contribution in [0.5, 0.6) is 5.75 Å². The Bertz CT molecular complexity index is 397. The smallest absolute Gasteiger partial charge is 0.138 e. The molecule has 0 bridgehead atoms. The molecule has 3 atom stereocenters. The zero-order valence-corrected chi connectivity index (χ0v) is 11.6. The predicted molar refractivity (Wildman–Crippen MR) is 70.6 cm³/mol. The van der Waals surface area contributed by atoms with E-state index >= 15 is 0 Å². The van der Waals surface area contributed by atoms with Crippen molar-refractivity contribution in [3.63, 3.8) is 0 Å². The molecule has 5 heteroatoms. The van der Waals surface area contributed by atoms with E-state index in [9.17, 15) is 0 Å². The molecule has 0 radical (unpaired) electrons. The summed E-state index contributed by atoms with van der Waals surface area (Å²) < 4.78 is 11.3. The van der Waals surface area contributed by atoms with Gasteiger partial charge in [-0.3, -0.25) is 0 Å². The number of alkyl halides is 1. The summed E-state index contributed by atoms with van der Waals surface area (Å²) in [6.45, 7) is 2.57. The maximum atomic E-state index is 6.06. The summed E-state index contributed by atoms with van der Waals surface area (Å²) in [7, 11) is 0. The number of hydrogen-bond acceptors (Lipinski definition) is 2. The normalized spacial score (nSPS) is 27.6. The Hall–Kier alpha value is -0.150. The van der Waals surface area contributed by atoms with Gasteiger partial charge in [-0.1, -0.05) is 23.2 Å². The van der Waals surface area contributed by atoms with Crippen LogP contribution in [0, 0.1) is 0 Å². The lowest BCUT2D eigenvalue weighted by Gasteiger charge is -2.40. The molecule has 1 aromatic rings. The van der Waals surface area contributed by atoms with Gasteiger partial charge >= 0.3 is 0 Å². The van der Waals surface area contributed by atoms with Crippen molar-refractivity contribution in [3.8, 4) is 5.75 Å². The van der Waals surface area contributed by atoms with E-state index in [-0.39, 0.29) is 17.6 Å². The highest BCUT2D eigenvalue weighted by Gasteiger charge is 2.42. The summed E-state index contributed by atoms with van der Waals surface area (Å²) in [5.41, 5.74) is 0. The van der Waals surface area contributed by atoms with E-state index in [0.717, 1.165) is 6.42 Å². The van der Waals surface area contributed by atoms with Crippen molar-refractivity contribution in [2.75, 3.05) is 6.61 Å². The van der Waals surface area contributed by atoms with Crippen molar-refractivity contribution in [2.24, 2.45) is 0 Å². The molecule has 1 aromatic carbocycles. The molecule has 1 aliphatic carbocycles. The largest absolute Gasteiger partial charge is 0.486 e. The Balaban J connectivity index is 2.01. The lowest BCUT2D eigenvalue weighted by molar-refractivity contribution is -0.0759. The average molecular weight is 296 g/mol. The molecule has 94 valence electrons. The molecule has 0 heterocycles. The van der Waals surface area contributed by atoms with Gasteiger partial charge in [0.2, 0.25) is 0 Å². The fourth-order valence-electron chi connectivity index (χ4n) is 1.78. The Morgan fingerprint density at radius 3 is 2.71 bits per heavy atom. The third-order valence-corrected chi connectivity index (χ3v) is 3.67. The molecule has 0 amide bonds. The second kappa shape index (κ2) is 5.66. The monoisotopic (exact) mass is 294 g/mol. The maximum absolute atomic E-state index is 6.06. The number of ether oxygens (including phenoxy) is 2. The van der Waals surface area contributed by atoms with Gasteiger partial charge < -0.3 is 9.47 Å². The fourth-order valence-corrected chi connectivity index (χ4v) is 2.64. The van der Waals surface area contributed by atoms with E-state index in [2.05, 4.69) is 0 Å². The van der Waals surface area contributed by atoms with E-state index in [4.69, 9.17) is 44.3 Å². The summed E-state index contributed by atoms with van der Waals surface area (Å²) in [5.74, 6) is 0.620. The van der Waals surface area contributed by atoms with Crippen LogP contribution in [0.15, 0.2) is 18.2 Å². The van der Waals surface area contributed by atoms with Crippen molar-refractivity contribution < 1.29 is 9.47 Å². The minimum Gasteiger partial charge on any atom is -0.486 e. The first-order valence-electron chi connectivity index (χ1n) is 5.49. The van der Waals surface area contributed by atoms with Gasteiger partial charge in [0.1, 0.15) is 18.0 Å². The zero-order valence-electron chi connectivity index (χ0n) is 9.33. The minimum atomic E-state index is -0.0617. The number of hydrogen-bond donors (Lipinski definition) is 0. The molecule has 0 spiro atoms. The molecule has 17 heavy (non-hydrogen) atoms. The summed E-state index contributed by atoms with van der Waals surface area (Å²) in [6.07, 6.45) is 0.676. The van der Waals surface area contributed by atoms with Gasteiger partial charge in [0.05, 0.1) is 10.4 Å². The highest BCUT2D eigenvalue weighted by atomic mass is 35.5. The van der Waals surface area contributed by atoms with Crippen molar-refractivity contribution in [1.82, 2.24) is 0 Å². The molecule has 0 aromatic heterocycles. The average Bonchev–Trinajstić information content (AvgIpc) is 2.28. The number of rotatable bonds is 4. The molecule has 2 nitrogen and oxygen atoms in total. The second-order valence-electron chi connectivity index (χ2n) is 3.90. The van der Waals surface area contributed by atoms with Gasteiger partial charge in [-0.05, 0) is 25.1 Å². The van der Waals surface area contributed by atoms with E-state index < -0.39 is 0 Å². The minimum absolute atomic E-state index is 0.0195. The van der Waals surface area contributed by atoms with Crippen LogP contribution < -0.4 is 4.74 Å². The highest BCUT2D eigenvalue weighted by Crippen LogP contribution is 2.36. The third-order valence-electron chi connectivity index (χ3n) is 2.71. The van der Waals surface area contributed by atoms with Crippen LogP contribution in [0.1, 0.15) is 13.3 Å². The first-order chi connectivity index (χ1) is 8.11.